The maximum absolute atomic E-state index is 5.90. The molecule has 5 heteroatoms. The monoisotopic (exact) mass is 407 g/mol. The van der Waals surface area contributed by atoms with Crippen LogP contribution in [0.25, 0.3) is 0 Å². The number of hydrazone groups is 1. The molecule has 0 aliphatic carbocycles. The lowest BCUT2D eigenvalue weighted by atomic mass is 10.2. The zero-order valence-electron chi connectivity index (χ0n) is 16.4. The van der Waals surface area contributed by atoms with Gasteiger partial charge in [0.2, 0.25) is 0 Å². The van der Waals surface area contributed by atoms with Crippen LogP contribution in [0.15, 0.2) is 90.0 Å². The van der Waals surface area contributed by atoms with Crippen molar-refractivity contribution in [2.45, 2.75) is 6.54 Å². The van der Waals surface area contributed by atoms with Crippen molar-refractivity contribution < 1.29 is 4.74 Å². The van der Waals surface area contributed by atoms with Crippen molar-refractivity contribution >= 4 is 18.6 Å². The van der Waals surface area contributed by atoms with Gasteiger partial charge in [0, 0.05) is 32.7 Å². The van der Waals surface area contributed by atoms with Gasteiger partial charge in [-0.05, 0) is 35.4 Å². The normalized spacial score (nSPS) is 14.6. The lowest BCUT2D eigenvalue weighted by Gasteiger charge is -2.33. The predicted octanol–water partition coefficient (Wildman–Crippen LogP) is 5.05. The summed E-state index contributed by atoms with van der Waals surface area (Å²) < 4.78 is 5.90. The number of benzene rings is 3. The molecule has 0 radical (unpaired) electrons. The van der Waals surface area contributed by atoms with Crippen molar-refractivity contribution in [1.29, 1.82) is 0 Å². The smallest absolute Gasteiger partial charge is 0.128 e. The van der Waals surface area contributed by atoms with E-state index in [-0.39, 0.29) is 12.4 Å². The molecule has 3 aromatic carbocycles. The second-order valence-corrected chi connectivity index (χ2v) is 6.95. The standard InChI is InChI=1S/C24H25N3O.ClH/c1-3-8-21(9-4-1)20-26-14-16-27(17-15-26)25-19-22-10-7-13-24(18-22)28-23-11-5-2-6-12-23;/h1-13,18-19H,14-17,20H2;1H. The van der Waals surface area contributed by atoms with Gasteiger partial charge in [-0.2, -0.15) is 5.10 Å². The van der Waals surface area contributed by atoms with E-state index in [2.05, 4.69) is 45.3 Å². The molecule has 0 unspecified atom stereocenters. The zero-order chi connectivity index (χ0) is 19.0. The third kappa shape index (κ3) is 6.34. The first kappa shape index (κ1) is 20.9. The summed E-state index contributed by atoms with van der Waals surface area (Å²) in [6.07, 6.45) is 1.92. The Labute approximate surface area is 178 Å². The Morgan fingerprint density at radius 3 is 2.14 bits per heavy atom. The summed E-state index contributed by atoms with van der Waals surface area (Å²) >= 11 is 0. The fraction of sp³-hybridized carbons (Fsp3) is 0.208. The van der Waals surface area contributed by atoms with Gasteiger partial charge in [-0.1, -0.05) is 60.7 Å². The van der Waals surface area contributed by atoms with Crippen molar-refractivity contribution in [3.8, 4) is 11.5 Å². The number of rotatable bonds is 6. The van der Waals surface area contributed by atoms with E-state index in [4.69, 9.17) is 4.74 Å². The first-order valence-electron chi connectivity index (χ1n) is 9.73. The van der Waals surface area contributed by atoms with E-state index < -0.39 is 0 Å². The molecule has 0 amide bonds. The summed E-state index contributed by atoms with van der Waals surface area (Å²) in [5, 5.41) is 6.81. The zero-order valence-corrected chi connectivity index (χ0v) is 17.2. The molecule has 150 valence electrons. The molecule has 1 saturated heterocycles. The number of piperazine rings is 1. The van der Waals surface area contributed by atoms with Crippen molar-refractivity contribution in [2.24, 2.45) is 5.10 Å². The molecule has 0 saturated carbocycles. The Morgan fingerprint density at radius 1 is 0.759 bits per heavy atom. The maximum Gasteiger partial charge on any atom is 0.128 e. The fourth-order valence-electron chi connectivity index (χ4n) is 3.28. The highest BCUT2D eigenvalue weighted by molar-refractivity contribution is 5.85. The van der Waals surface area contributed by atoms with E-state index in [0.717, 1.165) is 49.8 Å². The lowest BCUT2D eigenvalue weighted by Crippen LogP contribution is -2.43. The van der Waals surface area contributed by atoms with E-state index >= 15 is 0 Å². The minimum atomic E-state index is 0. The van der Waals surface area contributed by atoms with Crippen LogP contribution in [0.1, 0.15) is 11.1 Å². The lowest BCUT2D eigenvalue weighted by molar-refractivity contribution is 0.131. The van der Waals surface area contributed by atoms with Gasteiger partial charge in [0.15, 0.2) is 0 Å². The molecule has 0 spiro atoms. The van der Waals surface area contributed by atoms with E-state index in [9.17, 15) is 0 Å². The summed E-state index contributed by atoms with van der Waals surface area (Å²) in [6, 6.07) is 28.5. The molecule has 1 aliphatic rings. The molecule has 1 fully saturated rings. The number of para-hydroxylation sites is 1. The molecule has 0 bridgehead atoms. The molecular formula is C24H26ClN3O. The van der Waals surface area contributed by atoms with Gasteiger partial charge >= 0.3 is 0 Å². The van der Waals surface area contributed by atoms with Gasteiger partial charge in [0.05, 0.1) is 6.21 Å². The minimum absolute atomic E-state index is 0. The second-order valence-electron chi connectivity index (χ2n) is 6.95. The number of halogens is 1. The van der Waals surface area contributed by atoms with Crippen LogP contribution in [0, 0.1) is 0 Å². The van der Waals surface area contributed by atoms with Crippen LogP contribution < -0.4 is 4.74 Å². The number of hydrogen-bond donors (Lipinski definition) is 0. The van der Waals surface area contributed by atoms with Gasteiger partial charge in [-0.25, -0.2) is 0 Å². The van der Waals surface area contributed by atoms with Crippen molar-refractivity contribution in [3.05, 3.63) is 96.1 Å². The summed E-state index contributed by atoms with van der Waals surface area (Å²) in [4.78, 5) is 2.48. The topological polar surface area (TPSA) is 28.1 Å². The molecule has 29 heavy (non-hydrogen) atoms. The van der Waals surface area contributed by atoms with Gasteiger partial charge in [0.25, 0.3) is 0 Å². The van der Waals surface area contributed by atoms with Crippen LogP contribution in [0.5, 0.6) is 11.5 Å². The first-order valence-corrected chi connectivity index (χ1v) is 9.73. The molecule has 4 rings (SSSR count). The molecule has 4 nitrogen and oxygen atoms in total. The summed E-state index contributed by atoms with van der Waals surface area (Å²) in [5.41, 5.74) is 2.41. The van der Waals surface area contributed by atoms with E-state index in [1.807, 2.05) is 60.8 Å². The molecule has 0 aromatic heterocycles. The summed E-state index contributed by atoms with van der Waals surface area (Å²) in [7, 11) is 0. The molecule has 0 N–H and O–H groups in total. The van der Waals surface area contributed by atoms with E-state index in [1.54, 1.807) is 0 Å². The van der Waals surface area contributed by atoms with Crippen molar-refractivity contribution in [1.82, 2.24) is 9.91 Å². The van der Waals surface area contributed by atoms with Gasteiger partial charge < -0.3 is 4.74 Å². The van der Waals surface area contributed by atoms with Crippen LogP contribution >= 0.6 is 12.4 Å². The highest BCUT2D eigenvalue weighted by Crippen LogP contribution is 2.21. The average Bonchev–Trinajstić information content (AvgIpc) is 2.75. The Hall–Kier alpha value is -2.82. The van der Waals surface area contributed by atoms with E-state index in [0.29, 0.717) is 0 Å². The quantitative estimate of drug-likeness (QED) is 0.535. The van der Waals surface area contributed by atoms with Crippen LogP contribution in [-0.2, 0) is 6.54 Å². The fourth-order valence-corrected chi connectivity index (χ4v) is 3.28. The Kier molecular flexibility index (Phi) is 7.68. The predicted molar refractivity (Wildman–Crippen MR) is 121 cm³/mol. The number of nitrogens with zero attached hydrogens (tertiary/aromatic N) is 3. The number of hydrogen-bond acceptors (Lipinski definition) is 4. The Balaban J connectivity index is 0.00000240. The highest BCUT2D eigenvalue weighted by Gasteiger charge is 2.15. The highest BCUT2D eigenvalue weighted by atomic mass is 35.5. The van der Waals surface area contributed by atoms with Crippen LogP contribution in [0.2, 0.25) is 0 Å². The largest absolute Gasteiger partial charge is 0.457 e. The second kappa shape index (κ2) is 10.6. The number of ether oxygens (including phenoxy) is 1. The molecule has 1 aliphatic heterocycles. The SMILES string of the molecule is C(=NN1CCN(Cc2ccccc2)CC1)c1cccc(Oc2ccccc2)c1.Cl. The summed E-state index contributed by atoms with van der Waals surface area (Å²) in [5.74, 6) is 1.66. The minimum Gasteiger partial charge on any atom is -0.457 e. The van der Waals surface area contributed by atoms with Crippen LogP contribution in [-0.4, -0.2) is 42.3 Å². The Morgan fingerprint density at radius 2 is 1.41 bits per heavy atom. The third-order valence-electron chi connectivity index (χ3n) is 4.80. The van der Waals surface area contributed by atoms with E-state index in [1.165, 1.54) is 5.56 Å². The van der Waals surface area contributed by atoms with Crippen molar-refractivity contribution in [3.63, 3.8) is 0 Å². The molecule has 0 atom stereocenters. The molecule has 3 aromatic rings. The molecule has 1 heterocycles. The van der Waals surface area contributed by atoms with Gasteiger partial charge in [-0.3, -0.25) is 9.91 Å². The third-order valence-corrected chi connectivity index (χ3v) is 4.80. The van der Waals surface area contributed by atoms with Gasteiger partial charge in [-0.15, -0.1) is 12.4 Å². The first-order chi connectivity index (χ1) is 13.8. The Bertz CT molecular complexity index is 894. The van der Waals surface area contributed by atoms with Crippen molar-refractivity contribution in [2.75, 3.05) is 26.2 Å². The van der Waals surface area contributed by atoms with Gasteiger partial charge in [0.1, 0.15) is 11.5 Å². The van der Waals surface area contributed by atoms with Crippen LogP contribution in [0.3, 0.4) is 0 Å². The average molecular weight is 408 g/mol. The van der Waals surface area contributed by atoms with Crippen LogP contribution in [0.4, 0.5) is 0 Å². The summed E-state index contributed by atoms with van der Waals surface area (Å²) in [6.45, 7) is 4.97. The maximum atomic E-state index is 5.90. The molecular weight excluding hydrogens is 382 g/mol.